The first kappa shape index (κ1) is 16.4. The molecule has 1 aromatic carbocycles. The van der Waals surface area contributed by atoms with E-state index in [4.69, 9.17) is 0 Å². The van der Waals surface area contributed by atoms with Crippen molar-refractivity contribution in [3.05, 3.63) is 35.9 Å². The second-order valence-electron chi connectivity index (χ2n) is 5.96. The van der Waals surface area contributed by atoms with Gasteiger partial charge in [0, 0.05) is 30.7 Å². The molecular weight excluding hydrogens is 270 g/mol. The van der Waals surface area contributed by atoms with Gasteiger partial charge in [-0.2, -0.15) is 8.78 Å². The average Bonchev–Trinajstić information content (AvgIpc) is 2.48. The lowest BCUT2D eigenvalue weighted by molar-refractivity contribution is -0.0569. The molecule has 0 bridgehead atoms. The van der Waals surface area contributed by atoms with Crippen molar-refractivity contribution in [3.63, 3.8) is 0 Å². The Morgan fingerprint density at radius 3 is 2.57 bits per heavy atom. The second-order valence-corrected chi connectivity index (χ2v) is 5.96. The number of nitrogens with one attached hydrogen (secondary N) is 1. The number of nitrogens with zero attached hydrogens (tertiary/aromatic N) is 1. The number of hydrogen-bond donors (Lipinski definition) is 1. The van der Waals surface area contributed by atoms with Gasteiger partial charge in [-0.05, 0) is 12.8 Å². The summed E-state index contributed by atoms with van der Waals surface area (Å²) in [6.07, 6.45) is 3.03. The van der Waals surface area contributed by atoms with E-state index in [1.54, 1.807) is 18.2 Å². The first-order chi connectivity index (χ1) is 10.1. The largest absolute Gasteiger partial charge is 0.311 e. The number of rotatable bonds is 6. The summed E-state index contributed by atoms with van der Waals surface area (Å²) in [7, 11) is 0. The molecule has 1 aliphatic rings. The highest BCUT2D eigenvalue weighted by molar-refractivity contribution is 5.20. The molecule has 1 aliphatic heterocycles. The van der Waals surface area contributed by atoms with Crippen molar-refractivity contribution < 1.29 is 8.78 Å². The van der Waals surface area contributed by atoms with E-state index >= 15 is 0 Å². The van der Waals surface area contributed by atoms with Gasteiger partial charge in [-0.3, -0.25) is 4.90 Å². The van der Waals surface area contributed by atoms with E-state index in [2.05, 4.69) is 19.2 Å². The lowest BCUT2D eigenvalue weighted by Gasteiger charge is -2.41. The van der Waals surface area contributed by atoms with Crippen LogP contribution in [0.15, 0.2) is 30.3 Å². The minimum atomic E-state index is -2.79. The van der Waals surface area contributed by atoms with Gasteiger partial charge < -0.3 is 5.32 Å². The predicted octanol–water partition coefficient (Wildman–Crippen LogP) is 3.63. The highest BCUT2D eigenvalue weighted by atomic mass is 19.3. The zero-order valence-corrected chi connectivity index (χ0v) is 13.0. The summed E-state index contributed by atoms with van der Waals surface area (Å²) < 4.78 is 29.0. The van der Waals surface area contributed by atoms with Crippen LogP contribution in [0.3, 0.4) is 0 Å². The van der Waals surface area contributed by atoms with Crippen molar-refractivity contribution in [2.24, 2.45) is 0 Å². The molecule has 0 amide bonds. The van der Waals surface area contributed by atoms with E-state index in [0.717, 1.165) is 32.4 Å². The lowest BCUT2D eigenvalue weighted by atomic mass is 10.0. The quantitative estimate of drug-likeness (QED) is 0.862. The zero-order chi connectivity index (χ0) is 15.3. The summed E-state index contributed by atoms with van der Waals surface area (Å²) in [4.78, 5) is 1.98. The fourth-order valence-corrected chi connectivity index (χ4v) is 3.09. The summed E-state index contributed by atoms with van der Waals surface area (Å²) >= 11 is 0. The molecule has 1 aromatic rings. The minimum absolute atomic E-state index is 0.116. The van der Waals surface area contributed by atoms with Crippen LogP contribution in [-0.2, 0) is 5.92 Å². The molecule has 4 heteroatoms. The van der Waals surface area contributed by atoms with Crippen molar-refractivity contribution in [2.45, 2.75) is 51.1 Å². The molecule has 0 aliphatic carbocycles. The van der Waals surface area contributed by atoms with E-state index in [-0.39, 0.29) is 18.2 Å². The van der Waals surface area contributed by atoms with E-state index < -0.39 is 5.92 Å². The molecule has 0 saturated carbocycles. The number of halogens is 2. The van der Waals surface area contributed by atoms with Crippen LogP contribution in [0.1, 0.15) is 38.7 Å². The molecule has 0 radical (unpaired) electrons. The Labute approximate surface area is 126 Å². The normalized spacial score (nSPS) is 24.2. The van der Waals surface area contributed by atoms with Crippen LogP contribution in [0.4, 0.5) is 8.78 Å². The van der Waals surface area contributed by atoms with E-state index in [1.807, 2.05) is 4.90 Å². The lowest BCUT2D eigenvalue weighted by Crippen LogP contribution is -2.58. The van der Waals surface area contributed by atoms with Crippen molar-refractivity contribution in [2.75, 3.05) is 19.6 Å². The van der Waals surface area contributed by atoms with Crippen LogP contribution in [-0.4, -0.2) is 36.6 Å². The fourth-order valence-electron chi connectivity index (χ4n) is 3.09. The molecule has 1 saturated heterocycles. The minimum Gasteiger partial charge on any atom is -0.311 e. The zero-order valence-electron chi connectivity index (χ0n) is 13.0. The summed E-state index contributed by atoms with van der Waals surface area (Å²) in [5.41, 5.74) is 0.116. The summed E-state index contributed by atoms with van der Waals surface area (Å²) in [6, 6.07) is 8.71. The first-order valence-electron chi connectivity index (χ1n) is 7.97. The van der Waals surface area contributed by atoms with Gasteiger partial charge in [-0.15, -0.1) is 0 Å². The number of piperazine rings is 1. The highest BCUT2D eigenvalue weighted by Gasteiger charge is 2.37. The van der Waals surface area contributed by atoms with Crippen LogP contribution < -0.4 is 5.32 Å². The monoisotopic (exact) mass is 296 g/mol. The third-order valence-corrected chi connectivity index (χ3v) is 4.32. The van der Waals surface area contributed by atoms with E-state index in [1.165, 1.54) is 12.1 Å². The Kier molecular flexibility index (Phi) is 5.71. The van der Waals surface area contributed by atoms with Crippen molar-refractivity contribution >= 4 is 0 Å². The first-order valence-corrected chi connectivity index (χ1v) is 7.97. The SMILES string of the molecule is CCCC1CN(CC(F)(F)c2ccccc2)C(CC)CN1. The molecule has 1 fully saturated rings. The Morgan fingerprint density at radius 2 is 1.95 bits per heavy atom. The molecule has 1 N–H and O–H groups in total. The Hall–Kier alpha value is -1.00. The number of alkyl halides is 2. The molecule has 0 spiro atoms. The smallest absolute Gasteiger partial charge is 0.285 e. The van der Waals surface area contributed by atoms with Crippen molar-refractivity contribution in [1.29, 1.82) is 0 Å². The average molecular weight is 296 g/mol. The third-order valence-electron chi connectivity index (χ3n) is 4.32. The summed E-state index contributed by atoms with van der Waals surface area (Å²) in [6.45, 7) is 5.55. The topological polar surface area (TPSA) is 15.3 Å². The van der Waals surface area contributed by atoms with Gasteiger partial charge in [0.25, 0.3) is 5.92 Å². The Bertz CT molecular complexity index is 422. The van der Waals surface area contributed by atoms with E-state index in [9.17, 15) is 8.78 Å². The molecule has 2 rings (SSSR count). The molecule has 1 heterocycles. The third kappa shape index (κ3) is 4.24. The van der Waals surface area contributed by atoms with Gasteiger partial charge in [0.2, 0.25) is 0 Å². The standard InChI is InChI=1S/C17H26F2N2/c1-3-8-15-12-21(16(4-2)11-20-15)13-17(18,19)14-9-6-5-7-10-14/h5-7,9-10,15-16,20H,3-4,8,11-13H2,1-2H3. The van der Waals surface area contributed by atoms with Gasteiger partial charge >= 0.3 is 0 Å². The van der Waals surface area contributed by atoms with Crippen LogP contribution >= 0.6 is 0 Å². The maximum Gasteiger partial charge on any atom is 0.285 e. The Balaban J connectivity index is 2.07. The maximum absolute atomic E-state index is 14.5. The number of benzene rings is 1. The van der Waals surface area contributed by atoms with Gasteiger partial charge in [0.1, 0.15) is 0 Å². The number of hydrogen-bond acceptors (Lipinski definition) is 2. The summed E-state index contributed by atoms with van der Waals surface area (Å²) in [5.74, 6) is -2.79. The van der Waals surface area contributed by atoms with Crippen LogP contribution in [0.2, 0.25) is 0 Å². The van der Waals surface area contributed by atoms with Crippen molar-refractivity contribution in [3.8, 4) is 0 Å². The van der Waals surface area contributed by atoms with Crippen LogP contribution in [0.5, 0.6) is 0 Å². The second kappa shape index (κ2) is 7.32. The summed E-state index contributed by atoms with van der Waals surface area (Å²) in [5, 5.41) is 3.49. The van der Waals surface area contributed by atoms with Gasteiger partial charge in [-0.1, -0.05) is 50.6 Å². The van der Waals surface area contributed by atoms with Crippen LogP contribution in [0.25, 0.3) is 0 Å². The molecule has 2 unspecified atom stereocenters. The van der Waals surface area contributed by atoms with Gasteiger partial charge in [0.05, 0.1) is 6.54 Å². The molecule has 118 valence electrons. The molecule has 21 heavy (non-hydrogen) atoms. The molecular formula is C17H26F2N2. The molecule has 0 aromatic heterocycles. The Morgan fingerprint density at radius 1 is 1.24 bits per heavy atom. The van der Waals surface area contributed by atoms with E-state index in [0.29, 0.717) is 6.04 Å². The molecule has 2 nitrogen and oxygen atoms in total. The molecule has 2 atom stereocenters. The maximum atomic E-state index is 14.5. The van der Waals surface area contributed by atoms with Crippen molar-refractivity contribution in [1.82, 2.24) is 10.2 Å². The highest BCUT2D eigenvalue weighted by Crippen LogP contribution is 2.30. The van der Waals surface area contributed by atoms with Crippen LogP contribution in [0, 0.1) is 0 Å². The predicted molar refractivity (Wildman–Crippen MR) is 82.7 cm³/mol. The fraction of sp³-hybridized carbons (Fsp3) is 0.647. The van der Waals surface area contributed by atoms with Gasteiger partial charge in [-0.25, -0.2) is 0 Å². The van der Waals surface area contributed by atoms with Gasteiger partial charge in [0.15, 0.2) is 0 Å².